The predicted molar refractivity (Wildman–Crippen MR) is 98.2 cm³/mol. The van der Waals surface area contributed by atoms with Crippen molar-refractivity contribution in [1.29, 1.82) is 0 Å². The zero-order valence-corrected chi connectivity index (χ0v) is 15.7. The lowest BCUT2D eigenvalue weighted by molar-refractivity contribution is -0.123. The first kappa shape index (κ1) is 20.6. The van der Waals surface area contributed by atoms with Crippen LogP contribution in [0.25, 0.3) is 0 Å². The van der Waals surface area contributed by atoms with Gasteiger partial charge in [-0.1, -0.05) is 37.3 Å². The first-order chi connectivity index (χ1) is 11.2. The second-order valence-corrected chi connectivity index (χ2v) is 7.68. The Morgan fingerprint density at radius 1 is 1.21 bits per heavy atom. The molecule has 0 aliphatic heterocycles. The molecular weight excluding hydrogens is 302 g/mol. The van der Waals surface area contributed by atoms with E-state index in [4.69, 9.17) is 0 Å². The summed E-state index contributed by atoms with van der Waals surface area (Å²) in [5.41, 5.74) is 4.35. The molecule has 0 radical (unpaired) electrons. The molecule has 0 aromatic heterocycles. The minimum Gasteiger partial charge on any atom is -0.392 e. The Morgan fingerprint density at radius 2 is 1.83 bits per heavy atom. The minimum absolute atomic E-state index is 0.0712. The monoisotopic (exact) mass is 335 g/mol. The van der Waals surface area contributed by atoms with E-state index < -0.39 is 6.10 Å². The van der Waals surface area contributed by atoms with E-state index in [0.29, 0.717) is 26.1 Å². The number of rotatable bonds is 9. The Morgan fingerprint density at radius 3 is 2.38 bits per heavy atom. The molecule has 0 spiro atoms. The van der Waals surface area contributed by atoms with Crippen LogP contribution in [0, 0.1) is 5.92 Å². The van der Waals surface area contributed by atoms with E-state index in [1.54, 1.807) is 6.92 Å². The summed E-state index contributed by atoms with van der Waals surface area (Å²) in [6, 6.07) is 10.1. The molecule has 136 valence electrons. The van der Waals surface area contributed by atoms with Crippen LogP contribution >= 0.6 is 0 Å². The van der Waals surface area contributed by atoms with Crippen LogP contribution in [0.1, 0.15) is 46.6 Å². The van der Waals surface area contributed by atoms with Gasteiger partial charge in [0, 0.05) is 31.6 Å². The van der Waals surface area contributed by atoms with E-state index in [1.165, 1.54) is 5.56 Å². The maximum atomic E-state index is 12.0. The molecule has 1 aromatic carbocycles. The summed E-state index contributed by atoms with van der Waals surface area (Å²) in [4.78, 5) is 12.0. The normalized spacial score (nSPS) is 14.5. The highest BCUT2D eigenvalue weighted by atomic mass is 16.3. The van der Waals surface area contributed by atoms with Crippen molar-refractivity contribution in [2.45, 2.75) is 59.2 Å². The third kappa shape index (κ3) is 9.65. The number of aliphatic hydroxyl groups is 1. The van der Waals surface area contributed by atoms with E-state index in [-0.39, 0.29) is 17.4 Å². The van der Waals surface area contributed by atoms with Crippen LogP contribution in [0.5, 0.6) is 0 Å². The molecule has 0 aliphatic carbocycles. The second-order valence-electron chi connectivity index (χ2n) is 7.68. The van der Waals surface area contributed by atoms with Crippen LogP contribution in [-0.2, 0) is 11.3 Å². The number of nitrogens with zero attached hydrogens (tertiary/aromatic N) is 1. The first-order valence-electron chi connectivity index (χ1n) is 8.67. The van der Waals surface area contributed by atoms with E-state index in [9.17, 15) is 9.90 Å². The topological polar surface area (TPSA) is 64.6 Å². The van der Waals surface area contributed by atoms with E-state index in [1.807, 2.05) is 44.0 Å². The number of nitrogens with one attached hydrogen (secondary N) is 2. The van der Waals surface area contributed by atoms with Crippen molar-refractivity contribution < 1.29 is 9.90 Å². The number of hydrogen-bond donors (Lipinski definition) is 3. The van der Waals surface area contributed by atoms with Crippen molar-refractivity contribution in [3.05, 3.63) is 35.9 Å². The highest BCUT2D eigenvalue weighted by Gasteiger charge is 2.17. The fraction of sp³-hybridized carbons (Fsp3) is 0.632. The number of benzene rings is 1. The van der Waals surface area contributed by atoms with Crippen molar-refractivity contribution in [1.82, 2.24) is 15.8 Å². The standard InChI is InChI=1S/C19H33N3O2/c1-15(11-18(24)21-19(3,4)5)12-20-22(13-16(2)23)14-17-9-7-6-8-10-17/h6-10,15-16,20,23H,11-14H2,1-5H3,(H,21,24)/t15?,16-/m0/s1. The SMILES string of the molecule is CC(CNN(Cc1ccccc1)C[C@H](C)O)CC(=O)NC(C)(C)C. The van der Waals surface area contributed by atoms with E-state index >= 15 is 0 Å². The smallest absolute Gasteiger partial charge is 0.220 e. The van der Waals surface area contributed by atoms with Crippen molar-refractivity contribution in [2.24, 2.45) is 5.92 Å². The Hall–Kier alpha value is -1.43. The van der Waals surface area contributed by atoms with Gasteiger partial charge in [0.2, 0.25) is 5.91 Å². The molecule has 1 amide bonds. The highest BCUT2D eigenvalue weighted by molar-refractivity contribution is 5.76. The Kier molecular flexibility index (Phi) is 8.39. The summed E-state index contributed by atoms with van der Waals surface area (Å²) in [6.45, 7) is 11.7. The average Bonchev–Trinajstić information content (AvgIpc) is 2.43. The van der Waals surface area contributed by atoms with Crippen LogP contribution in [0.4, 0.5) is 0 Å². The second kappa shape index (κ2) is 9.77. The molecule has 0 saturated carbocycles. The van der Waals surface area contributed by atoms with Gasteiger partial charge in [0.05, 0.1) is 6.10 Å². The van der Waals surface area contributed by atoms with Crippen molar-refractivity contribution in [3.8, 4) is 0 Å². The van der Waals surface area contributed by atoms with Crippen molar-refractivity contribution >= 4 is 5.91 Å². The average molecular weight is 335 g/mol. The van der Waals surface area contributed by atoms with E-state index in [2.05, 4.69) is 29.8 Å². The third-order valence-electron chi connectivity index (χ3n) is 3.41. The van der Waals surface area contributed by atoms with Crippen LogP contribution in [0.15, 0.2) is 30.3 Å². The molecule has 5 heteroatoms. The Balaban J connectivity index is 2.47. The number of amides is 1. The molecule has 1 rings (SSSR count). The number of hydrogen-bond acceptors (Lipinski definition) is 4. The molecule has 0 fully saturated rings. The molecule has 0 heterocycles. The fourth-order valence-electron chi connectivity index (χ4n) is 2.45. The molecule has 1 aromatic rings. The summed E-state index contributed by atoms with van der Waals surface area (Å²) in [7, 11) is 0. The maximum absolute atomic E-state index is 12.0. The lowest BCUT2D eigenvalue weighted by atomic mass is 10.1. The van der Waals surface area contributed by atoms with Gasteiger partial charge in [-0.25, -0.2) is 5.01 Å². The molecule has 0 bridgehead atoms. The van der Waals surface area contributed by atoms with Crippen LogP contribution < -0.4 is 10.7 Å². The summed E-state index contributed by atoms with van der Waals surface area (Å²) in [5.74, 6) is 0.279. The van der Waals surface area contributed by atoms with Gasteiger partial charge in [-0.3, -0.25) is 10.2 Å². The fourth-order valence-corrected chi connectivity index (χ4v) is 2.45. The number of hydrazine groups is 1. The van der Waals surface area contributed by atoms with Gasteiger partial charge in [0.15, 0.2) is 0 Å². The number of aliphatic hydroxyl groups excluding tert-OH is 1. The molecule has 24 heavy (non-hydrogen) atoms. The van der Waals surface area contributed by atoms with Crippen LogP contribution in [0.3, 0.4) is 0 Å². The lowest BCUT2D eigenvalue weighted by Gasteiger charge is -2.27. The zero-order chi connectivity index (χ0) is 18.2. The highest BCUT2D eigenvalue weighted by Crippen LogP contribution is 2.07. The molecule has 0 saturated heterocycles. The van der Waals surface area contributed by atoms with Gasteiger partial charge < -0.3 is 10.4 Å². The summed E-state index contributed by atoms with van der Waals surface area (Å²) in [5, 5.41) is 14.7. The van der Waals surface area contributed by atoms with Crippen molar-refractivity contribution in [2.75, 3.05) is 13.1 Å². The largest absolute Gasteiger partial charge is 0.392 e. The molecule has 5 nitrogen and oxygen atoms in total. The Labute approximate surface area is 146 Å². The number of carbonyl (C=O) groups is 1. The minimum atomic E-state index is -0.416. The van der Waals surface area contributed by atoms with Gasteiger partial charge in [-0.2, -0.15) is 0 Å². The zero-order valence-electron chi connectivity index (χ0n) is 15.7. The molecule has 0 aliphatic rings. The maximum Gasteiger partial charge on any atom is 0.220 e. The van der Waals surface area contributed by atoms with Gasteiger partial charge in [-0.05, 0) is 39.2 Å². The first-order valence-corrected chi connectivity index (χ1v) is 8.67. The number of carbonyl (C=O) groups excluding carboxylic acids is 1. The third-order valence-corrected chi connectivity index (χ3v) is 3.41. The van der Waals surface area contributed by atoms with Crippen molar-refractivity contribution in [3.63, 3.8) is 0 Å². The summed E-state index contributed by atoms with van der Waals surface area (Å²) < 4.78 is 0. The Bertz CT molecular complexity index is 483. The lowest BCUT2D eigenvalue weighted by Crippen LogP contribution is -2.45. The van der Waals surface area contributed by atoms with Gasteiger partial charge in [-0.15, -0.1) is 0 Å². The molecule has 3 N–H and O–H groups in total. The van der Waals surface area contributed by atoms with Gasteiger partial charge in [0.1, 0.15) is 0 Å². The summed E-state index contributed by atoms with van der Waals surface area (Å²) in [6.07, 6.45) is 0.0682. The molecule has 1 unspecified atom stereocenters. The molecule has 2 atom stereocenters. The molecular formula is C19H33N3O2. The van der Waals surface area contributed by atoms with E-state index in [0.717, 1.165) is 0 Å². The van der Waals surface area contributed by atoms with Crippen LogP contribution in [0.2, 0.25) is 0 Å². The van der Waals surface area contributed by atoms with Crippen LogP contribution in [-0.4, -0.2) is 40.8 Å². The predicted octanol–water partition coefficient (Wildman–Crippen LogP) is 2.31. The van der Waals surface area contributed by atoms with Gasteiger partial charge in [0.25, 0.3) is 0 Å². The summed E-state index contributed by atoms with van der Waals surface area (Å²) >= 11 is 0. The van der Waals surface area contributed by atoms with Gasteiger partial charge >= 0.3 is 0 Å². The quantitative estimate of drug-likeness (QED) is 0.606.